The first kappa shape index (κ1) is 15.5. The van der Waals surface area contributed by atoms with Gasteiger partial charge in [0.05, 0.1) is 0 Å². The number of benzene rings is 1. The Labute approximate surface area is 113 Å². The van der Waals surface area contributed by atoms with Gasteiger partial charge in [-0.25, -0.2) is 9.18 Å². The Bertz CT molecular complexity index is 378. The molecule has 0 spiro atoms. The predicted molar refractivity (Wildman–Crippen MR) is 74.8 cm³/mol. The minimum Gasteiger partial charge on any atom is -0.480 e. The number of halogens is 1. The van der Waals surface area contributed by atoms with Crippen LogP contribution in [0.4, 0.5) is 10.1 Å². The molecule has 1 atom stereocenters. The third-order valence-electron chi connectivity index (χ3n) is 3.08. The zero-order chi connectivity index (χ0) is 14.1. The zero-order valence-corrected chi connectivity index (χ0v) is 11.4. The molecule has 0 aliphatic carbocycles. The van der Waals surface area contributed by atoms with E-state index in [1.807, 2.05) is 0 Å². The lowest BCUT2D eigenvalue weighted by Gasteiger charge is -2.15. The van der Waals surface area contributed by atoms with Gasteiger partial charge in [-0.3, -0.25) is 0 Å². The highest BCUT2D eigenvalue weighted by Gasteiger charge is 2.16. The van der Waals surface area contributed by atoms with Gasteiger partial charge in [0.2, 0.25) is 0 Å². The quantitative estimate of drug-likeness (QED) is 0.663. The second-order valence-corrected chi connectivity index (χ2v) is 4.74. The molecule has 0 heterocycles. The zero-order valence-electron chi connectivity index (χ0n) is 11.4. The Balaban J connectivity index is 2.40. The highest BCUT2D eigenvalue weighted by Crippen LogP contribution is 2.14. The van der Waals surface area contributed by atoms with Crippen LogP contribution in [0.5, 0.6) is 0 Å². The standard InChI is InChI=1S/C15H22FNO2/c1-2-3-4-5-6-7-14(15(18)19)17-13-10-8-12(16)9-11-13/h8-11,14,17H,2-7H2,1H3,(H,18,19). The molecule has 0 amide bonds. The number of anilines is 1. The number of unbranched alkanes of at least 4 members (excludes halogenated alkanes) is 4. The summed E-state index contributed by atoms with van der Waals surface area (Å²) < 4.78 is 12.8. The topological polar surface area (TPSA) is 49.3 Å². The number of hydrogen-bond donors (Lipinski definition) is 2. The Hall–Kier alpha value is -1.58. The maximum atomic E-state index is 12.8. The maximum Gasteiger partial charge on any atom is 0.326 e. The fraction of sp³-hybridized carbons (Fsp3) is 0.533. The van der Waals surface area contributed by atoms with E-state index in [1.165, 1.54) is 25.0 Å². The van der Waals surface area contributed by atoms with E-state index in [9.17, 15) is 9.18 Å². The van der Waals surface area contributed by atoms with Crippen molar-refractivity contribution in [2.45, 2.75) is 51.5 Å². The summed E-state index contributed by atoms with van der Waals surface area (Å²) in [5, 5.41) is 12.1. The van der Waals surface area contributed by atoms with E-state index in [0.717, 1.165) is 19.3 Å². The third-order valence-corrected chi connectivity index (χ3v) is 3.08. The summed E-state index contributed by atoms with van der Waals surface area (Å²) in [4.78, 5) is 11.2. The molecular formula is C15H22FNO2. The maximum absolute atomic E-state index is 12.8. The first-order chi connectivity index (χ1) is 9.13. The number of carboxylic acid groups (broad SMARTS) is 1. The predicted octanol–water partition coefficient (Wildman–Crippen LogP) is 4.05. The molecule has 1 aromatic carbocycles. The number of aliphatic carboxylic acids is 1. The van der Waals surface area contributed by atoms with E-state index >= 15 is 0 Å². The average molecular weight is 267 g/mol. The summed E-state index contributed by atoms with van der Waals surface area (Å²) >= 11 is 0. The van der Waals surface area contributed by atoms with Crippen LogP contribution < -0.4 is 5.32 Å². The molecule has 106 valence electrons. The smallest absolute Gasteiger partial charge is 0.326 e. The second kappa shape index (κ2) is 8.51. The minimum absolute atomic E-state index is 0.322. The lowest BCUT2D eigenvalue weighted by Crippen LogP contribution is -2.29. The Morgan fingerprint density at radius 3 is 2.42 bits per heavy atom. The van der Waals surface area contributed by atoms with Crippen LogP contribution in [0.25, 0.3) is 0 Å². The summed E-state index contributed by atoms with van der Waals surface area (Å²) in [6.45, 7) is 2.15. The molecule has 0 radical (unpaired) electrons. The van der Waals surface area contributed by atoms with Crippen LogP contribution in [0.1, 0.15) is 45.4 Å². The molecule has 1 aromatic rings. The monoisotopic (exact) mass is 267 g/mol. The number of hydrogen-bond acceptors (Lipinski definition) is 2. The summed E-state index contributed by atoms with van der Waals surface area (Å²) in [6, 6.07) is 5.16. The van der Waals surface area contributed by atoms with Crippen molar-refractivity contribution >= 4 is 11.7 Å². The fourth-order valence-corrected chi connectivity index (χ4v) is 1.96. The largest absolute Gasteiger partial charge is 0.480 e. The van der Waals surface area contributed by atoms with Crippen LogP contribution in [0.15, 0.2) is 24.3 Å². The molecule has 2 N–H and O–H groups in total. The van der Waals surface area contributed by atoms with Crippen LogP contribution in [0.2, 0.25) is 0 Å². The summed E-state index contributed by atoms with van der Waals surface area (Å²) in [5.74, 6) is -1.18. The van der Waals surface area contributed by atoms with E-state index in [-0.39, 0.29) is 5.82 Å². The van der Waals surface area contributed by atoms with Gasteiger partial charge < -0.3 is 10.4 Å². The lowest BCUT2D eigenvalue weighted by molar-refractivity contribution is -0.138. The van der Waals surface area contributed by atoms with Crippen molar-refractivity contribution in [3.63, 3.8) is 0 Å². The minimum atomic E-state index is -0.861. The molecule has 3 nitrogen and oxygen atoms in total. The average Bonchev–Trinajstić information content (AvgIpc) is 2.39. The van der Waals surface area contributed by atoms with Crippen molar-refractivity contribution in [2.24, 2.45) is 0 Å². The molecule has 0 saturated heterocycles. The van der Waals surface area contributed by atoms with Crippen molar-refractivity contribution in [1.82, 2.24) is 0 Å². The Morgan fingerprint density at radius 2 is 1.84 bits per heavy atom. The van der Waals surface area contributed by atoms with E-state index < -0.39 is 12.0 Å². The van der Waals surface area contributed by atoms with Gasteiger partial charge in [-0.05, 0) is 30.7 Å². The van der Waals surface area contributed by atoms with Gasteiger partial charge in [0, 0.05) is 5.69 Å². The summed E-state index contributed by atoms with van der Waals surface area (Å²) in [5.41, 5.74) is 0.641. The van der Waals surface area contributed by atoms with Gasteiger partial charge in [-0.1, -0.05) is 39.0 Å². The van der Waals surface area contributed by atoms with Crippen molar-refractivity contribution in [2.75, 3.05) is 5.32 Å². The highest BCUT2D eigenvalue weighted by atomic mass is 19.1. The van der Waals surface area contributed by atoms with E-state index in [1.54, 1.807) is 12.1 Å². The van der Waals surface area contributed by atoms with Gasteiger partial charge in [0.1, 0.15) is 11.9 Å². The molecule has 0 aliphatic heterocycles. The summed E-state index contributed by atoms with van der Waals surface area (Å²) in [7, 11) is 0. The third kappa shape index (κ3) is 6.22. The van der Waals surface area contributed by atoms with Gasteiger partial charge in [-0.2, -0.15) is 0 Å². The van der Waals surface area contributed by atoms with Gasteiger partial charge >= 0.3 is 5.97 Å². The molecule has 0 saturated carbocycles. The lowest BCUT2D eigenvalue weighted by atomic mass is 10.1. The Kier molecular flexibility index (Phi) is 6.93. The SMILES string of the molecule is CCCCCCCC(Nc1ccc(F)cc1)C(=O)O. The van der Waals surface area contributed by atoms with Gasteiger partial charge in [0.25, 0.3) is 0 Å². The van der Waals surface area contributed by atoms with E-state index in [0.29, 0.717) is 12.1 Å². The fourth-order valence-electron chi connectivity index (χ4n) is 1.96. The molecule has 1 rings (SSSR count). The van der Waals surface area contributed by atoms with Crippen molar-refractivity contribution in [1.29, 1.82) is 0 Å². The van der Waals surface area contributed by atoms with Crippen molar-refractivity contribution in [3.05, 3.63) is 30.1 Å². The number of carboxylic acids is 1. The number of carbonyl (C=O) groups is 1. The molecule has 1 unspecified atom stereocenters. The summed E-state index contributed by atoms with van der Waals surface area (Å²) in [6.07, 6.45) is 6.07. The molecule has 4 heteroatoms. The molecule has 19 heavy (non-hydrogen) atoms. The van der Waals surface area contributed by atoms with Gasteiger partial charge in [0.15, 0.2) is 0 Å². The molecule has 0 aromatic heterocycles. The molecule has 0 bridgehead atoms. The van der Waals surface area contributed by atoms with Crippen molar-refractivity contribution < 1.29 is 14.3 Å². The molecule has 0 fully saturated rings. The van der Waals surface area contributed by atoms with Crippen LogP contribution >= 0.6 is 0 Å². The van der Waals surface area contributed by atoms with Crippen LogP contribution in [-0.4, -0.2) is 17.1 Å². The first-order valence-corrected chi connectivity index (χ1v) is 6.88. The number of nitrogens with one attached hydrogen (secondary N) is 1. The van der Waals surface area contributed by atoms with Gasteiger partial charge in [-0.15, -0.1) is 0 Å². The van der Waals surface area contributed by atoms with Crippen LogP contribution in [-0.2, 0) is 4.79 Å². The van der Waals surface area contributed by atoms with E-state index in [2.05, 4.69) is 12.2 Å². The van der Waals surface area contributed by atoms with Crippen molar-refractivity contribution in [3.8, 4) is 0 Å². The number of rotatable bonds is 9. The first-order valence-electron chi connectivity index (χ1n) is 6.88. The normalized spacial score (nSPS) is 12.1. The van der Waals surface area contributed by atoms with E-state index in [4.69, 9.17) is 5.11 Å². The molecule has 0 aliphatic rings. The molecular weight excluding hydrogens is 245 g/mol. The van der Waals surface area contributed by atoms with Crippen LogP contribution in [0.3, 0.4) is 0 Å². The second-order valence-electron chi connectivity index (χ2n) is 4.74. The highest BCUT2D eigenvalue weighted by molar-refractivity contribution is 5.77. The Morgan fingerprint density at radius 1 is 1.21 bits per heavy atom. The van der Waals surface area contributed by atoms with Crippen LogP contribution in [0, 0.1) is 5.82 Å².